The first-order valence-corrected chi connectivity index (χ1v) is 8.29. The largest absolute Gasteiger partial charge is 0.490 e. The van der Waals surface area contributed by atoms with Crippen LogP contribution in [0, 0.1) is 10.1 Å². The highest BCUT2D eigenvalue weighted by Crippen LogP contribution is 2.26. The van der Waals surface area contributed by atoms with Gasteiger partial charge in [0.2, 0.25) is 0 Å². The van der Waals surface area contributed by atoms with E-state index in [1.165, 1.54) is 18.2 Å². The summed E-state index contributed by atoms with van der Waals surface area (Å²) in [4.78, 5) is 35.3. The van der Waals surface area contributed by atoms with Crippen LogP contribution < -0.4 is 10.5 Å². The van der Waals surface area contributed by atoms with Crippen molar-refractivity contribution in [2.45, 2.75) is 45.3 Å². The molecule has 1 aromatic rings. The average Bonchev–Trinajstić information content (AvgIpc) is 2.53. The van der Waals surface area contributed by atoms with E-state index in [9.17, 15) is 19.7 Å². The van der Waals surface area contributed by atoms with E-state index in [-0.39, 0.29) is 23.4 Å². The van der Waals surface area contributed by atoms with Crippen LogP contribution in [0.3, 0.4) is 0 Å². The lowest BCUT2D eigenvalue weighted by molar-refractivity contribution is -0.385. The van der Waals surface area contributed by atoms with E-state index in [0.29, 0.717) is 31.7 Å². The van der Waals surface area contributed by atoms with Crippen LogP contribution in [0.25, 0.3) is 0 Å². The highest BCUT2D eigenvalue weighted by Gasteiger charge is 2.28. The zero-order valence-corrected chi connectivity index (χ0v) is 15.1. The first-order valence-electron chi connectivity index (χ1n) is 8.29. The number of nitro benzene ring substituents is 1. The van der Waals surface area contributed by atoms with Gasteiger partial charge in [-0.1, -0.05) is 0 Å². The summed E-state index contributed by atoms with van der Waals surface area (Å²) in [6, 6.07) is 3.91. The Labute approximate surface area is 151 Å². The zero-order valence-electron chi connectivity index (χ0n) is 15.1. The number of rotatable bonds is 4. The number of hydrogen-bond donors (Lipinski definition) is 1. The van der Waals surface area contributed by atoms with Crippen LogP contribution in [-0.2, 0) is 4.74 Å². The van der Waals surface area contributed by atoms with Crippen molar-refractivity contribution in [3.63, 3.8) is 0 Å². The molecule has 1 heterocycles. The average molecular weight is 365 g/mol. The number of carbonyl (C=O) groups is 2. The maximum atomic E-state index is 12.0. The van der Waals surface area contributed by atoms with E-state index in [0.717, 1.165) is 0 Å². The minimum absolute atomic E-state index is 0.170. The van der Waals surface area contributed by atoms with Gasteiger partial charge in [0.05, 0.1) is 4.92 Å². The number of nitro groups is 1. The van der Waals surface area contributed by atoms with Crippen molar-refractivity contribution >= 4 is 17.7 Å². The molecular formula is C17H23N3O6. The molecule has 0 aromatic heterocycles. The number of likely N-dealkylation sites (tertiary alicyclic amines) is 1. The lowest BCUT2D eigenvalue weighted by atomic mass is 10.1. The number of carbonyl (C=O) groups excluding carboxylic acids is 2. The molecule has 0 radical (unpaired) electrons. The SMILES string of the molecule is CC(C)(C)OC(=O)N1CCC(Oc2ccc([N+](=O)[O-])c(C(N)=O)c2)CC1. The van der Waals surface area contributed by atoms with E-state index in [1.807, 2.05) is 20.8 Å². The fourth-order valence-corrected chi connectivity index (χ4v) is 2.62. The van der Waals surface area contributed by atoms with Crippen molar-refractivity contribution in [1.29, 1.82) is 0 Å². The van der Waals surface area contributed by atoms with Crippen LogP contribution in [0.2, 0.25) is 0 Å². The molecule has 0 saturated carbocycles. The number of piperidine rings is 1. The van der Waals surface area contributed by atoms with Gasteiger partial charge in [-0.15, -0.1) is 0 Å². The molecule has 1 aromatic carbocycles. The van der Waals surface area contributed by atoms with Crippen molar-refractivity contribution in [3.8, 4) is 5.75 Å². The molecule has 1 aliphatic heterocycles. The summed E-state index contributed by atoms with van der Waals surface area (Å²) in [6.45, 7) is 6.40. The second kappa shape index (κ2) is 7.59. The number of ether oxygens (including phenoxy) is 2. The van der Waals surface area contributed by atoms with Crippen LogP contribution in [0.1, 0.15) is 44.0 Å². The van der Waals surface area contributed by atoms with Crippen LogP contribution in [0.15, 0.2) is 18.2 Å². The Morgan fingerprint density at radius 3 is 2.38 bits per heavy atom. The molecule has 1 fully saturated rings. The lowest BCUT2D eigenvalue weighted by Gasteiger charge is -2.33. The molecular weight excluding hydrogens is 342 g/mol. The minimum Gasteiger partial charge on any atom is -0.490 e. The number of nitrogens with two attached hydrogens (primary N) is 1. The monoisotopic (exact) mass is 365 g/mol. The molecule has 9 nitrogen and oxygen atoms in total. The van der Waals surface area contributed by atoms with Gasteiger partial charge < -0.3 is 20.1 Å². The molecule has 9 heteroatoms. The number of primary amides is 1. The number of benzene rings is 1. The molecule has 0 atom stereocenters. The Kier molecular flexibility index (Phi) is 5.69. The molecule has 2 N–H and O–H groups in total. The summed E-state index contributed by atoms with van der Waals surface area (Å²) in [5.41, 5.74) is 4.10. The summed E-state index contributed by atoms with van der Waals surface area (Å²) in [7, 11) is 0. The molecule has 1 saturated heterocycles. The third-order valence-electron chi connectivity index (χ3n) is 3.83. The molecule has 2 amide bonds. The highest BCUT2D eigenvalue weighted by molar-refractivity contribution is 5.97. The molecule has 26 heavy (non-hydrogen) atoms. The molecule has 0 aliphatic carbocycles. The summed E-state index contributed by atoms with van der Waals surface area (Å²) in [6.07, 6.45) is 0.641. The normalized spacial score (nSPS) is 15.4. The Morgan fingerprint density at radius 1 is 1.27 bits per heavy atom. The molecule has 0 unspecified atom stereocenters. The van der Waals surface area contributed by atoms with Gasteiger partial charge in [-0.25, -0.2) is 4.79 Å². The van der Waals surface area contributed by atoms with Crippen LogP contribution in [-0.4, -0.2) is 46.6 Å². The minimum atomic E-state index is -0.887. The standard InChI is InChI=1S/C17H23N3O6/c1-17(2,3)26-16(22)19-8-6-11(7-9-19)25-12-4-5-14(20(23)24)13(10-12)15(18)21/h4-5,10-11H,6-9H2,1-3H3,(H2,18,21). The maximum absolute atomic E-state index is 12.0. The van der Waals surface area contributed by atoms with Gasteiger partial charge in [0, 0.05) is 32.0 Å². The first kappa shape index (κ1) is 19.5. The topological polar surface area (TPSA) is 125 Å². The van der Waals surface area contributed by atoms with Crippen LogP contribution in [0.5, 0.6) is 5.75 Å². The lowest BCUT2D eigenvalue weighted by Crippen LogP contribution is -2.44. The van der Waals surface area contributed by atoms with Gasteiger partial charge in [-0.2, -0.15) is 0 Å². The first-order chi connectivity index (χ1) is 12.1. The highest BCUT2D eigenvalue weighted by atomic mass is 16.6. The quantitative estimate of drug-likeness (QED) is 0.645. The van der Waals surface area contributed by atoms with Crippen molar-refractivity contribution in [2.75, 3.05) is 13.1 Å². The maximum Gasteiger partial charge on any atom is 0.410 e. The van der Waals surface area contributed by atoms with Gasteiger partial charge in [0.25, 0.3) is 11.6 Å². The van der Waals surface area contributed by atoms with Crippen molar-refractivity contribution in [1.82, 2.24) is 4.90 Å². The van der Waals surface area contributed by atoms with Crippen LogP contribution >= 0.6 is 0 Å². The number of hydrogen-bond acceptors (Lipinski definition) is 6. The van der Waals surface area contributed by atoms with Crippen molar-refractivity contribution in [2.24, 2.45) is 5.73 Å². The second-order valence-corrected chi connectivity index (χ2v) is 7.08. The van der Waals surface area contributed by atoms with E-state index >= 15 is 0 Å². The van der Waals surface area contributed by atoms with Crippen LogP contribution in [0.4, 0.5) is 10.5 Å². The third kappa shape index (κ3) is 5.08. The molecule has 142 valence electrons. The fourth-order valence-electron chi connectivity index (χ4n) is 2.62. The Balaban J connectivity index is 1.97. The Bertz CT molecular complexity index is 705. The molecule has 1 aliphatic rings. The molecule has 0 spiro atoms. The summed E-state index contributed by atoms with van der Waals surface area (Å²) in [5.74, 6) is -0.554. The van der Waals surface area contributed by atoms with E-state index in [2.05, 4.69) is 0 Å². The Hall–Kier alpha value is -2.84. The van der Waals surface area contributed by atoms with Gasteiger partial charge >= 0.3 is 6.09 Å². The Morgan fingerprint density at radius 2 is 1.88 bits per heavy atom. The van der Waals surface area contributed by atoms with E-state index in [1.54, 1.807) is 4.90 Å². The van der Waals surface area contributed by atoms with Gasteiger partial charge in [-0.05, 0) is 32.9 Å². The van der Waals surface area contributed by atoms with Crippen molar-refractivity contribution < 1.29 is 24.0 Å². The van der Waals surface area contributed by atoms with Gasteiger partial charge in [0.1, 0.15) is 23.0 Å². The third-order valence-corrected chi connectivity index (χ3v) is 3.83. The van der Waals surface area contributed by atoms with Crippen molar-refractivity contribution in [3.05, 3.63) is 33.9 Å². The summed E-state index contributed by atoms with van der Waals surface area (Å²) >= 11 is 0. The van der Waals surface area contributed by atoms with E-state index in [4.69, 9.17) is 15.2 Å². The number of nitrogens with zero attached hydrogens (tertiary/aromatic N) is 2. The van der Waals surface area contributed by atoms with E-state index < -0.39 is 16.4 Å². The predicted octanol–water partition coefficient (Wildman–Crippen LogP) is 2.47. The predicted molar refractivity (Wildman–Crippen MR) is 93.1 cm³/mol. The molecule has 0 bridgehead atoms. The smallest absolute Gasteiger partial charge is 0.410 e. The molecule has 2 rings (SSSR count). The summed E-state index contributed by atoms with van der Waals surface area (Å²) < 4.78 is 11.1. The fraction of sp³-hybridized carbons (Fsp3) is 0.529. The van der Waals surface area contributed by atoms with Gasteiger partial charge in [-0.3, -0.25) is 14.9 Å². The van der Waals surface area contributed by atoms with Gasteiger partial charge in [0.15, 0.2) is 0 Å². The zero-order chi connectivity index (χ0) is 19.5. The summed E-state index contributed by atoms with van der Waals surface area (Å²) in [5, 5.41) is 10.9. The second-order valence-electron chi connectivity index (χ2n) is 7.08. The number of amides is 2.